The second kappa shape index (κ2) is 15.6. The van der Waals surface area contributed by atoms with Crippen LogP contribution in [0.1, 0.15) is 88.4 Å². The molecule has 0 saturated carbocycles. The van der Waals surface area contributed by atoms with Crippen molar-refractivity contribution in [2.24, 2.45) is 5.92 Å². The van der Waals surface area contributed by atoms with Gasteiger partial charge in [-0.25, -0.2) is 9.97 Å². The molecule has 4 aromatic rings. The lowest BCUT2D eigenvalue weighted by Crippen LogP contribution is -2.40. The number of hydrogen-bond acceptors (Lipinski definition) is 9. The molecule has 0 unspecified atom stereocenters. The lowest BCUT2D eigenvalue weighted by molar-refractivity contribution is -0.132. The van der Waals surface area contributed by atoms with Gasteiger partial charge in [-0.05, 0) is 30.9 Å². The molecule has 5 rings (SSSR count). The van der Waals surface area contributed by atoms with Gasteiger partial charge in [0, 0.05) is 63.2 Å². The number of carbonyl (C=O) groups excluding carboxylic acids is 4. The Morgan fingerprint density at radius 1 is 1.06 bits per heavy atom. The fraction of sp³-hybridized carbons (Fsp3) is 0.424. The van der Waals surface area contributed by atoms with E-state index in [1.807, 2.05) is 44.2 Å². The maximum Gasteiger partial charge on any atom is 0.274 e. The number of benzene rings is 1. The minimum absolute atomic E-state index is 0.0445. The molecule has 1 aliphatic rings. The second-order valence-electron chi connectivity index (χ2n) is 11.8. The van der Waals surface area contributed by atoms with Crippen molar-refractivity contribution in [2.75, 3.05) is 19.6 Å². The number of fused-ring (bicyclic) bond motifs is 4. The van der Waals surface area contributed by atoms with E-state index in [0.717, 1.165) is 5.56 Å². The Kier molecular flexibility index (Phi) is 11.1. The number of oxazole rings is 1. The second-order valence-corrected chi connectivity index (χ2v) is 12.7. The Hall–Kier alpha value is -4.85. The number of amides is 4. The highest BCUT2D eigenvalue weighted by atomic mass is 32.1. The summed E-state index contributed by atoms with van der Waals surface area (Å²) in [6.07, 6.45) is 4.63. The first-order chi connectivity index (χ1) is 22.7. The molecule has 3 aromatic heterocycles. The molecule has 14 heteroatoms. The van der Waals surface area contributed by atoms with Crippen LogP contribution in [0.4, 0.5) is 0 Å². The predicted octanol–water partition coefficient (Wildman–Crippen LogP) is 3.61. The van der Waals surface area contributed by atoms with Crippen molar-refractivity contribution in [3.8, 4) is 0 Å². The summed E-state index contributed by atoms with van der Waals surface area (Å²) in [4.78, 5) is 63.8. The molecule has 4 bridgehead atoms. The van der Waals surface area contributed by atoms with Gasteiger partial charge in [0.05, 0.1) is 6.04 Å². The Bertz CT molecular complexity index is 1670. The molecular formula is C33H40N8O5S. The van der Waals surface area contributed by atoms with Crippen LogP contribution in [0.15, 0.2) is 58.6 Å². The van der Waals surface area contributed by atoms with Crippen molar-refractivity contribution in [3.05, 3.63) is 87.8 Å². The fourth-order valence-electron chi connectivity index (χ4n) is 5.34. The molecule has 248 valence electrons. The lowest BCUT2D eigenvalue weighted by Gasteiger charge is -2.23. The van der Waals surface area contributed by atoms with Crippen molar-refractivity contribution in [1.29, 1.82) is 0 Å². The van der Waals surface area contributed by atoms with Crippen LogP contribution in [0.25, 0.3) is 0 Å². The van der Waals surface area contributed by atoms with Crippen molar-refractivity contribution in [2.45, 2.75) is 65.1 Å². The van der Waals surface area contributed by atoms with E-state index >= 15 is 0 Å². The van der Waals surface area contributed by atoms with Crippen LogP contribution in [0.2, 0.25) is 0 Å². The van der Waals surface area contributed by atoms with Crippen molar-refractivity contribution in [3.63, 3.8) is 0 Å². The largest absolute Gasteiger partial charge is 0.443 e. The average molecular weight is 661 g/mol. The summed E-state index contributed by atoms with van der Waals surface area (Å²) in [6, 6.07) is 10.3. The zero-order valence-corrected chi connectivity index (χ0v) is 27.6. The van der Waals surface area contributed by atoms with Gasteiger partial charge in [0.1, 0.15) is 22.5 Å². The van der Waals surface area contributed by atoms with E-state index in [0.29, 0.717) is 36.7 Å². The summed E-state index contributed by atoms with van der Waals surface area (Å²) in [5.74, 6) is -0.650. The van der Waals surface area contributed by atoms with E-state index in [1.54, 1.807) is 40.3 Å². The molecule has 0 saturated heterocycles. The van der Waals surface area contributed by atoms with Gasteiger partial charge < -0.3 is 25.3 Å². The third-order valence-corrected chi connectivity index (χ3v) is 8.81. The first-order valence-electron chi connectivity index (χ1n) is 15.8. The van der Waals surface area contributed by atoms with Gasteiger partial charge in [-0.1, -0.05) is 44.2 Å². The van der Waals surface area contributed by atoms with Crippen LogP contribution in [0.5, 0.6) is 0 Å². The standard InChI is InChI=1S/C33H40N8O5S/c1-21(2)28-33-37-25(20-47-33)30(44)34-14-18-40(27(43)12-17-41-16-8-13-35-41)15-7-11-26(42)36-24(19-23-9-5-4-6-10-23)32-39-29(22(3)46-32)31(45)38-28/h4-6,8-10,13,16,20-21,24,28H,7,11-12,14-15,17-19H2,1-3H3,(H,34,44)(H,36,42)(H,38,45)/t24-,28-/m0/s1. The molecule has 0 aliphatic carbocycles. The van der Waals surface area contributed by atoms with Crippen LogP contribution in [0, 0.1) is 12.8 Å². The van der Waals surface area contributed by atoms with E-state index in [4.69, 9.17) is 4.42 Å². The topological polar surface area (TPSA) is 164 Å². The highest BCUT2D eigenvalue weighted by Gasteiger charge is 2.29. The van der Waals surface area contributed by atoms with E-state index in [9.17, 15) is 19.2 Å². The van der Waals surface area contributed by atoms with E-state index in [1.165, 1.54) is 11.3 Å². The van der Waals surface area contributed by atoms with Gasteiger partial charge in [-0.15, -0.1) is 11.3 Å². The number of nitrogens with zero attached hydrogens (tertiary/aromatic N) is 5. The van der Waals surface area contributed by atoms with Gasteiger partial charge in [-0.3, -0.25) is 23.9 Å². The SMILES string of the molecule is Cc1oc2nc1C(=O)N[C@@H](C(C)C)c1nc(cs1)C(=O)NCCN(C(=O)CCn1cccn1)CCCC(=O)N[C@H]2Cc1ccccc1. The first-order valence-corrected chi connectivity index (χ1v) is 16.7. The molecule has 0 spiro atoms. The molecule has 0 fully saturated rings. The van der Waals surface area contributed by atoms with Crippen LogP contribution in [0.3, 0.4) is 0 Å². The number of hydrogen-bond donors (Lipinski definition) is 3. The van der Waals surface area contributed by atoms with E-state index < -0.39 is 18.0 Å². The van der Waals surface area contributed by atoms with Crippen LogP contribution >= 0.6 is 11.3 Å². The molecule has 3 N–H and O–H groups in total. The third kappa shape index (κ3) is 8.91. The third-order valence-electron chi connectivity index (χ3n) is 7.88. The van der Waals surface area contributed by atoms with Gasteiger partial charge in [-0.2, -0.15) is 5.10 Å². The molecule has 4 amide bonds. The summed E-state index contributed by atoms with van der Waals surface area (Å²) in [7, 11) is 0. The summed E-state index contributed by atoms with van der Waals surface area (Å²) in [6.45, 7) is 6.79. The van der Waals surface area contributed by atoms with E-state index in [-0.39, 0.29) is 66.8 Å². The number of aromatic nitrogens is 4. The molecule has 2 atom stereocenters. The molecular weight excluding hydrogens is 620 g/mol. The summed E-state index contributed by atoms with van der Waals surface area (Å²) in [5, 5.41) is 15.3. The molecule has 0 radical (unpaired) electrons. The number of thiazole rings is 1. The van der Waals surface area contributed by atoms with Gasteiger partial charge >= 0.3 is 0 Å². The molecule has 4 heterocycles. The smallest absolute Gasteiger partial charge is 0.274 e. The Labute approximate surface area is 277 Å². The summed E-state index contributed by atoms with van der Waals surface area (Å²) in [5.41, 5.74) is 1.31. The predicted molar refractivity (Wildman–Crippen MR) is 174 cm³/mol. The number of aryl methyl sites for hydroxylation is 2. The van der Waals surface area contributed by atoms with E-state index in [2.05, 4.69) is 31.0 Å². The average Bonchev–Trinajstić information content (AvgIpc) is 3.83. The van der Waals surface area contributed by atoms with Gasteiger partial charge in [0.25, 0.3) is 11.8 Å². The van der Waals surface area contributed by atoms with Crippen molar-refractivity contribution < 1.29 is 23.6 Å². The number of carbonyl (C=O) groups is 4. The Morgan fingerprint density at radius 3 is 2.62 bits per heavy atom. The minimum atomic E-state index is -0.625. The normalized spacial score (nSPS) is 18.4. The summed E-state index contributed by atoms with van der Waals surface area (Å²) < 4.78 is 7.69. The highest BCUT2D eigenvalue weighted by molar-refractivity contribution is 7.09. The zero-order valence-electron chi connectivity index (χ0n) is 26.8. The van der Waals surface area contributed by atoms with Crippen LogP contribution in [-0.2, 0) is 22.6 Å². The minimum Gasteiger partial charge on any atom is -0.443 e. The maximum absolute atomic E-state index is 13.5. The Morgan fingerprint density at radius 2 is 1.87 bits per heavy atom. The lowest BCUT2D eigenvalue weighted by atomic mass is 10.0. The monoisotopic (exact) mass is 660 g/mol. The zero-order chi connectivity index (χ0) is 33.3. The number of rotatable bonds is 6. The first kappa shape index (κ1) is 33.5. The fourth-order valence-corrected chi connectivity index (χ4v) is 6.36. The molecule has 1 aromatic carbocycles. The molecule has 1 aliphatic heterocycles. The highest BCUT2D eigenvalue weighted by Crippen LogP contribution is 2.27. The maximum atomic E-state index is 13.5. The van der Waals surface area contributed by atoms with Gasteiger partial charge in [0.15, 0.2) is 5.69 Å². The number of nitrogens with one attached hydrogen (secondary N) is 3. The quantitative estimate of drug-likeness (QED) is 0.282. The van der Waals surface area contributed by atoms with Crippen molar-refractivity contribution >= 4 is 35.0 Å². The van der Waals surface area contributed by atoms with Gasteiger partial charge in [0.2, 0.25) is 17.7 Å². The van der Waals surface area contributed by atoms with Crippen LogP contribution in [-0.4, -0.2) is 67.9 Å². The Balaban J connectivity index is 1.41. The van der Waals surface area contributed by atoms with Crippen molar-refractivity contribution in [1.82, 2.24) is 40.6 Å². The van der Waals surface area contributed by atoms with Crippen LogP contribution < -0.4 is 16.0 Å². The molecule has 47 heavy (non-hydrogen) atoms. The summed E-state index contributed by atoms with van der Waals surface area (Å²) >= 11 is 1.29. The molecule has 13 nitrogen and oxygen atoms in total.